The molecule has 0 aliphatic heterocycles. The number of halogens is 2. The van der Waals surface area contributed by atoms with Crippen LogP contribution in [0.1, 0.15) is 68.9 Å². The molecule has 2 aromatic rings. The molecule has 1 heterocycles. The highest BCUT2D eigenvalue weighted by Gasteiger charge is 2.33. The van der Waals surface area contributed by atoms with Gasteiger partial charge in [0.2, 0.25) is 0 Å². The summed E-state index contributed by atoms with van der Waals surface area (Å²) in [4.78, 5) is 12.8. The maximum atomic E-state index is 14.8. The molecule has 0 unspecified atom stereocenters. The summed E-state index contributed by atoms with van der Waals surface area (Å²) in [6.45, 7) is 6.68. The lowest BCUT2D eigenvalue weighted by Gasteiger charge is -2.34. The SMILES string of the molecule is CCCc1ccc(-c2c(Cl)c(C(=O)NCC3(O)CCC(C)CC3)nn2CC)c(F)c1. The van der Waals surface area contributed by atoms with E-state index in [1.165, 1.54) is 6.07 Å². The minimum absolute atomic E-state index is 0.0540. The molecule has 1 aliphatic rings. The summed E-state index contributed by atoms with van der Waals surface area (Å²) < 4.78 is 16.4. The number of aliphatic hydroxyl groups is 1. The van der Waals surface area contributed by atoms with Gasteiger partial charge in [0.1, 0.15) is 5.82 Å². The number of aromatic nitrogens is 2. The largest absolute Gasteiger partial charge is 0.388 e. The second kappa shape index (κ2) is 9.48. The number of carbonyl (C=O) groups is 1. The van der Waals surface area contributed by atoms with E-state index in [9.17, 15) is 14.3 Å². The summed E-state index contributed by atoms with van der Waals surface area (Å²) in [6, 6.07) is 5.09. The predicted octanol–water partition coefficient (Wildman–Crippen LogP) is 4.99. The van der Waals surface area contributed by atoms with E-state index in [0.29, 0.717) is 36.6 Å². The number of nitrogens with one attached hydrogen (secondary N) is 1. The highest BCUT2D eigenvalue weighted by molar-refractivity contribution is 6.36. The molecule has 30 heavy (non-hydrogen) atoms. The molecule has 0 radical (unpaired) electrons. The molecule has 1 amide bonds. The molecule has 0 atom stereocenters. The number of amides is 1. The molecule has 1 aromatic carbocycles. The fourth-order valence-electron chi connectivity index (χ4n) is 4.07. The van der Waals surface area contributed by atoms with E-state index in [-0.39, 0.29) is 23.1 Å². The van der Waals surface area contributed by atoms with Gasteiger partial charge in [0.25, 0.3) is 5.91 Å². The number of hydrogen-bond donors (Lipinski definition) is 2. The topological polar surface area (TPSA) is 67.2 Å². The smallest absolute Gasteiger partial charge is 0.273 e. The van der Waals surface area contributed by atoms with Crippen molar-refractivity contribution in [2.45, 2.75) is 71.4 Å². The maximum Gasteiger partial charge on any atom is 0.273 e. The molecule has 0 spiro atoms. The molecular weight excluding hydrogens is 405 g/mol. The Kier molecular flexibility index (Phi) is 7.19. The van der Waals surface area contributed by atoms with Crippen molar-refractivity contribution in [1.29, 1.82) is 0 Å². The van der Waals surface area contributed by atoms with E-state index < -0.39 is 11.5 Å². The van der Waals surface area contributed by atoms with Crippen molar-refractivity contribution in [3.63, 3.8) is 0 Å². The fraction of sp³-hybridized carbons (Fsp3) is 0.565. The molecule has 7 heteroatoms. The van der Waals surface area contributed by atoms with E-state index in [0.717, 1.165) is 31.2 Å². The fourth-order valence-corrected chi connectivity index (χ4v) is 4.39. The zero-order valence-corrected chi connectivity index (χ0v) is 18.7. The number of hydrogen-bond acceptors (Lipinski definition) is 3. The van der Waals surface area contributed by atoms with Crippen LogP contribution in [0.15, 0.2) is 18.2 Å². The van der Waals surface area contributed by atoms with Gasteiger partial charge in [-0.2, -0.15) is 5.10 Å². The molecule has 0 saturated heterocycles. The Bertz CT molecular complexity index is 904. The van der Waals surface area contributed by atoms with Gasteiger partial charge < -0.3 is 10.4 Å². The van der Waals surface area contributed by atoms with Crippen LogP contribution in [-0.4, -0.2) is 32.9 Å². The monoisotopic (exact) mass is 435 g/mol. The van der Waals surface area contributed by atoms with Crippen LogP contribution in [-0.2, 0) is 13.0 Å². The van der Waals surface area contributed by atoms with Gasteiger partial charge in [-0.1, -0.05) is 37.9 Å². The summed E-state index contributed by atoms with van der Waals surface area (Å²) in [5, 5.41) is 18.0. The van der Waals surface area contributed by atoms with Crippen LogP contribution in [0.2, 0.25) is 5.02 Å². The third-order valence-electron chi connectivity index (χ3n) is 6.02. The minimum atomic E-state index is -0.897. The van der Waals surface area contributed by atoms with Gasteiger partial charge in [-0.3, -0.25) is 9.48 Å². The Hall–Kier alpha value is -1.92. The number of rotatable bonds is 7. The Morgan fingerprint density at radius 2 is 2.07 bits per heavy atom. The van der Waals surface area contributed by atoms with Crippen molar-refractivity contribution in [2.75, 3.05) is 6.54 Å². The standard InChI is InChI=1S/C23H31ClFN3O2/c1-4-6-16-7-8-17(18(25)13-16)21-19(24)20(27-28(21)5-2)22(29)26-14-23(30)11-9-15(3)10-12-23/h7-8,13,15,30H,4-6,9-12,14H2,1-3H3,(H,26,29). The van der Waals surface area contributed by atoms with Gasteiger partial charge in [-0.15, -0.1) is 0 Å². The van der Waals surface area contributed by atoms with Gasteiger partial charge >= 0.3 is 0 Å². The third-order valence-corrected chi connectivity index (χ3v) is 6.38. The van der Waals surface area contributed by atoms with E-state index in [4.69, 9.17) is 11.6 Å². The van der Waals surface area contributed by atoms with Gasteiger partial charge in [0.15, 0.2) is 5.69 Å². The van der Waals surface area contributed by atoms with Crippen LogP contribution < -0.4 is 5.32 Å². The maximum absolute atomic E-state index is 14.8. The Morgan fingerprint density at radius 1 is 1.37 bits per heavy atom. The van der Waals surface area contributed by atoms with Crippen LogP contribution in [0.25, 0.3) is 11.3 Å². The average molecular weight is 436 g/mol. The summed E-state index contributed by atoms with van der Waals surface area (Å²) in [7, 11) is 0. The van der Waals surface area contributed by atoms with Gasteiger partial charge in [-0.05, 0) is 62.6 Å². The van der Waals surface area contributed by atoms with Crippen LogP contribution >= 0.6 is 11.6 Å². The van der Waals surface area contributed by atoms with Crippen molar-refractivity contribution in [2.24, 2.45) is 5.92 Å². The first-order valence-corrected chi connectivity index (χ1v) is 11.2. The molecule has 3 rings (SSSR count). The van der Waals surface area contributed by atoms with Gasteiger partial charge in [-0.25, -0.2) is 4.39 Å². The van der Waals surface area contributed by atoms with Crippen molar-refractivity contribution >= 4 is 17.5 Å². The lowest BCUT2D eigenvalue weighted by molar-refractivity contribution is -0.00544. The minimum Gasteiger partial charge on any atom is -0.388 e. The molecule has 1 aromatic heterocycles. The molecule has 0 bridgehead atoms. The number of carbonyl (C=O) groups excluding carboxylic acids is 1. The molecule has 1 fully saturated rings. The first-order valence-electron chi connectivity index (χ1n) is 10.8. The summed E-state index contributed by atoms with van der Waals surface area (Å²) in [5.41, 5.74) is 0.804. The van der Waals surface area contributed by atoms with Crippen LogP contribution in [0.4, 0.5) is 4.39 Å². The average Bonchev–Trinajstić information content (AvgIpc) is 3.05. The van der Waals surface area contributed by atoms with Crippen LogP contribution in [0, 0.1) is 11.7 Å². The van der Waals surface area contributed by atoms with E-state index in [1.54, 1.807) is 10.7 Å². The van der Waals surface area contributed by atoms with Gasteiger partial charge in [0, 0.05) is 18.7 Å². The molecule has 5 nitrogen and oxygen atoms in total. The Labute approximate surface area is 182 Å². The highest BCUT2D eigenvalue weighted by atomic mass is 35.5. The van der Waals surface area contributed by atoms with Crippen molar-refractivity contribution in [3.8, 4) is 11.3 Å². The number of benzene rings is 1. The quantitative estimate of drug-likeness (QED) is 0.644. The molecular formula is C23H31ClFN3O2. The predicted molar refractivity (Wildman–Crippen MR) is 117 cm³/mol. The van der Waals surface area contributed by atoms with E-state index in [2.05, 4.69) is 17.3 Å². The lowest BCUT2D eigenvalue weighted by Crippen LogP contribution is -2.45. The van der Waals surface area contributed by atoms with Gasteiger partial charge in [0.05, 0.1) is 16.3 Å². The Morgan fingerprint density at radius 3 is 2.67 bits per heavy atom. The van der Waals surface area contributed by atoms with Crippen molar-refractivity contribution < 1.29 is 14.3 Å². The Balaban J connectivity index is 1.82. The highest BCUT2D eigenvalue weighted by Crippen LogP contribution is 2.34. The second-order valence-electron chi connectivity index (χ2n) is 8.48. The number of nitrogens with zero attached hydrogens (tertiary/aromatic N) is 2. The normalized spacial score (nSPS) is 21.6. The summed E-state index contributed by atoms with van der Waals surface area (Å²) in [5.74, 6) is -0.240. The van der Waals surface area contributed by atoms with Crippen molar-refractivity contribution in [1.82, 2.24) is 15.1 Å². The number of aryl methyl sites for hydroxylation is 2. The third kappa shape index (κ3) is 4.86. The second-order valence-corrected chi connectivity index (χ2v) is 8.86. The van der Waals surface area contributed by atoms with Crippen molar-refractivity contribution in [3.05, 3.63) is 40.3 Å². The first kappa shape index (κ1) is 22.8. The van der Waals surface area contributed by atoms with Crippen LogP contribution in [0.3, 0.4) is 0 Å². The summed E-state index contributed by atoms with van der Waals surface area (Å²) in [6.07, 6.45) is 4.93. The van der Waals surface area contributed by atoms with E-state index in [1.807, 2.05) is 19.9 Å². The zero-order chi connectivity index (χ0) is 21.9. The molecule has 1 saturated carbocycles. The molecule has 164 valence electrons. The summed E-state index contributed by atoms with van der Waals surface area (Å²) >= 11 is 6.51. The lowest BCUT2D eigenvalue weighted by atomic mass is 9.79. The zero-order valence-electron chi connectivity index (χ0n) is 18.0. The molecule has 2 N–H and O–H groups in total. The van der Waals surface area contributed by atoms with E-state index >= 15 is 0 Å². The van der Waals surface area contributed by atoms with Crippen LogP contribution in [0.5, 0.6) is 0 Å². The molecule has 1 aliphatic carbocycles. The first-order chi connectivity index (χ1) is 14.3.